The molecule has 0 radical (unpaired) electrons. The highest BCUT2D eigenvalue weighted by atomic mass is 35.5. The van der Waals surface area contributed by atoms with Gasteiger partial charge < -0.3 is 15.4 Å². The highest BCUT2D eigenvalue weighted by molar-refractivity contribution is 7.80. The van der Waals surface area contributed by atoms with Crippen LogP contribution in [0.1, 0.15) is 11.1 Å². The summed E-state index contributed by atoms with van der Waals surface area (Å²) in [5.74, 6) is 0.841. The molecule has 2 aromatic rings. The summed E-state index contributed by atoms with van der Waals surface area (Å²) in [7, 11) is 3.64. The molecule has 0 atom stereocenters. The van der Waals surface area contributed by atoms with Crippen molar-refractivity contribution in [1.29, 1.82) is 0 Å². The summed E-state index contributed by atoms with van der Waals surface area (Å²) in [6.07, 6.45) is 0. The highest BCUT2D eigenvalue weighted by Gasteiger charge is 2.13. The number of ether oxygens (including phenoxy) is 1. The van der Waals surface area contributed by atoms with E-state index in [1.54, 1.807) is 13.2 Å². The summed E-state index contributed by atoms with van der Waals surface area (Å²) >= 11 is 11.3. The van der Waals surface area contributed by atoms with Crippen molar-refractivity contribution in [1.82, 2.24) is 0 Å². The SMILES string of the molecule is COc1ccc(CN(C)c2cccc(Cl)c2C(N)=S)cc1. The number of nitrogens with zero attached hydrogens (tertiary/aromatic N) is 1. The van der Waals surface area contributed by atoms with Gasteiger partial charge in [-0.25, -0.2) is 0 Å². The third kappa shape index (κ3) is 3.65. The predicted octanol–water partition coefficient (Wildman–Crippen LogP) is 3.62. The molecule has 0 bridgehead atoms. The van der Waals surface area contributed by atoms with Gasteiger partial charge >= 0.3 is 0 Å². The molecule has 5 heteroatoms. The maximum Gasteiger partial charge on any atom is 0.118 e. The van der Waals surface area contributed by atoms with E-state index in [2.05, 4.69) is 4.90 Å². The normalized spacial score (nSPS) is 10.2. The van der Waals surface area contributed by atoms with Gasteiger partial charge in [0, 0.05) is 19.3 Å². The van der Waals surface area contributed by atoms with E-state index in [9.17, 15) is 0 Å². The summed E-state index contributed by atoms with van der Waals surface area (Å²) in [6.45, 7) is 0.722. The molecule has 0 saturated carbocycles. The first-order valence-corrected chi connectivity index (χ1v) is 7.24. The van der Waals surface area contributed by atoms with Crippen molar-refractivity contribution in [3.8, 4) is 5.75 Å². The van der Waals surface area contributed by atoms with Crippen LogP contribution in [0.5, 0.6) is 5.75 Å². The number of nitrogens with two attached hydrogens (primary N) is 1. The molecule has 0 aromatic heterocycles. The quantitative estimate of drug-likeness (QED) is 0.854. The lowest BCUT2D eigenvalue weighted by Gasteiger charge is -2.23. The van der Waals surface area contributed by atoms with E-state index in [-0.39, 0.29) is 0 Å². The Morgan fingerprint density at radius 3 is 2.48 bits per heavy atom. The van der Waals surface area contributed by atoms with Crippen LogP contribution < -0.4 is 15.4 Å². The summed E-state index contributed by atoms with van der Waals surface area (Å²) in [5, 5.41) is 0.571. The van der Waals surface area contributed by atoms with Gasteiger partial charge in [0.05, 0.1) is 17.7 Å². The molecule has 2 N–H and O–H groups in total. The van der Waals surface area contributed by atoms with Crippen molar-refractivity contribution in [3.63, 3.8) is 0 Å². The Morgan fingerprint density at radius 2 is 1.90 bits per heavy atom. The molecule has 110 valence electrons. The number of hydrogen-bond acceptors (Lipinski definition) is 3. The standard InChI is InChI=1S/C16H17ClN2OS/c1-19(10-11-6-8-12(20-2)9-7-11)14-5-3-4-13(17)15(14)16(18)21/h3-9H,10H2,1-2H3,(H2,18,21). The average Bonchev–Trinajstić information content (AvgIpc) is 2.47. The van der Waals surface area contributed by atoms with Gasteiger partial charge in [0.1, 0.15) is 10.7 Å². The zero-order valence-corrected chi connectivity index (χ0v) is 13.5. The average molecular weight is 321 g/mol. The van der Waals surface area contributed by atoms with Crippen LogP contribution in [-0.2, 0) is 6.54 Å². The van der Waals surface area contributed by atoms with Crippen molar-refractivity contribution in [3.05, 3.63) is 58.6 Å². The Kier molecular flexibility index (Phi) is 5.04. The second-order valence-corrected chi connectivity index (χ2v) is 5.55. The van der Waals surface area contributed by atoms with Crippen molar-refractivity contribution < 1.29 is 4.74 Å². The van der Waals surface area contributed by atoms with Gasteiger partial charge in [-0.3, -0.25) is 0 Å². The number of rotatable bonds is 5. The van der Waals surface area contributed by atoms with Crippen molar-refractivity contribution in [2.24, 2.45) is 5.73 Å². The number of thiocarbonyl (C=S) groups is 1. The lowest BCUT2D eigenvalue weighted by Crippen LogP contribution is -2.21. The maximum atomic E-state index is 6.20. The van der Waals surface area contributed by atoms with Crippen molar-refractivity contribution in [2.45, 2.75) is 6.54 Å². The smallest absolute Gasteiger partial charge is 0.118 e. The van der Waals surface area contributed by atoms with E-state index in [1.807, 2.05) is 43.4 Å². The van der Waals surface area contributed by atoms with Crippen LogP contribution in [0.4, 0.5) is 5.69 Å². The molecule has 0 aliphatic rings. The topological polar surface area (TPSA) is 38.5 Å². The Bertz CT molecular complexity index is 643. The van der Waals surface area contributed by atoms with E-state index in [0.717, 1.165) is 23.5 Å². The molecule has 2 rings (SSSR count). The minimum Gasteiger partial charge on any atom is -0.497 e. The predicted molar refractivity (Wildman–Crippen MR) is 92.4 cm³/mol. The summed E-state index contributed by atoms with van der Waals surface area (Å²) in [4.78, 5) is 2.37. The number of halogens is 1. The van der Waals surface area contributed by atoms with Gasteiger partial charge in [0.2, 0.25) is 0 Å². The molecule has 0 unspecified atom stereocenters. The van der Waals surface area contributed by atoms with Gasteiger partial charge in [0.25, 0.3) is 0 Å². The van der Waals surface area contributed by atoms with Crippen LogP contribution >= 0.6 is 23.8 Å². The lowest BCUT2D eigenvalue weighted by molar-refractivity contribution is 0.414. The van der Waals surface area contributed by atoms with Crippen LogP contribution in [0.25, 0.3) is 0 Å². The molecule has 0 fully saturated rings. The Hall–Kier alpha value is -1.78. The summed E-state index contributed by atoms with van der Waals surface area (Å²) in [5.41, 5.74) is 8.58. The first kappa shape index (κ1) is 15.6. The number of methoxy groups -OCH3 is 1. The summed E-state index contributed by atoms with van der Waals surface area (Å²) in [6, 6.07) is 13.6. The van der Waals surface area contributed by atoms with Crippen molar-refractivity contribution in [2.75, 3.05) is 19.1 Å². The maximum absolute atomic E-state index is 6.20. The zero-order valence-electron chi connectivity index (χ0n) is 12.0. The fourth-order valence-electron chi connectivity index (χ4n) is 2.16. The number of anilines is 1. The molecule has 0 heterocycles. The molecule has 0 spiro atoms. The van der Waals surface area contributed by atoms with Crippen molar-refractivity contribution >= 4 is 34.5 Å². The fraction of sp³-hybridized carbons (Fsp3) is 0.188. The number of benzene rings is 2. The Morgan fingerprint density at radius 1 is 1.24 bits per heavy atom. The Labute approximate surface area is 135 Å². The molecular weight excluding hydrogens is 304 g/mol. The highest BCUT2D eigenvalue weighted by Crippen LogP contribution is 2.28. The zero-order chi connectivity index (χ0) is 15.4. The monoisotopic (exact) mass is 320 g/mol. The molecule has 0 amide bonds. The second-order valence-electron chi connectivity index (χ2n) is 4.70. The van der Waals surface area contributed by atoms with Crippen LogP contribution in [0.2, 0.25) is 5.02 Å². The van der Waals surface area contributed by atoms with E-state index < -0.39 is 0 Å². The molecular formula is C16H17ClN2OS. The largest absolute Gasteiger partial charge is 0.497 e. The molecule has 0 aliphatic carbocycles. The molecule has 21 heavy (non-hydrogen) atoms. The van der Waals surface area contributed by atoms with Crippen LogP contribution in [0.3, 0.4) is 0 Å². The van der Waals surface area contributed by atoms with Gasteiger partial charge in [-0.15, -0.1) is 0 Å². The Balaban J connectivity index is 2.25. The van der Waals surface area contributed by atoms with E-state index in [0.29, 0.717) is 15.6 Å². The molecule has 0 saturated heterocycles. The minimum absolute atomic E-state index is 0.303. The first-order chi connectivity index (χ1) is 10.0. The number of hydrogen-bond donors (Lipinski definition) is 1. The van der Waals surface area contributed by atoms with Gasteiger partial charge in [-0.05, 0) is 29.8 Å². The molecule has 3 nitrogen and oxygen atoms in total. The van der Waals surface area contributed by atoms with Crippen LogP contribution in [0, 0.1) is 0 Å². The van der Waals surface area contributed by atoms with E-state index in [4.69, 9.17) is 34.3 Å². The minimum atomic E-state index is 0.303. The summed E-state index contributed by atoms with van der Waals surface area (Å²) < 4.78 is 5.16. The van der Waals surface area contributed by atoms with Crippen LogP contribution in [-0.4, -0.2) is 19.1 Å². The van der Waals surface area contributed by atoms with Gasteiger partial charge in [0.15, 0.2) is 0 Å². The lowest BCUT2D eigenvalue weighted by atomic mass is 10.1. The molecule has 2 aromatic carbocycles. The van der Waals surface area contributed by atoms with E-state index in [1.165, 1.54) is 0 Å². The van der Waals surface area contributed by atoms with Crippen LogP contribution in [0.15, 0.2) is 42.5 Å². The third-order valence-electron chi connectivity index (χ3n) is 3.23. The molecule has 0 aliphatic heterocycles. The van der Waals surface area contributed by atoms with Gasteiger partial charge in [-0.2, -0.15) is 0 Å². The van der Waals surface area contributed by atoms with Gasteiger partial charge in [-0.1, -0.05) is 42.0 Å². The first-order valence-electron chi connectivity index (χ1n) is 6.45. The fourth-order valence-corrected chi connectivity index (χ4v) is 2.71. The van der Waals surface area contributed by atoms with E-state index >= 15 is 0 Å². The third-order valence-corrected chi connectivity index (χ3v) is 3.75. The second kappa shape index (κ2) is 6.78.